The minimum atomic E-state index is -3.90. The highest BCUT2D eigenvalue weighted by Crippen LogP contribution is 2.37. The number of unbranched alkanes of at least 4 members (excludes halogenated alkanes) is 3. The van der Waals surface area contributed by atoms with Crippen LogP contribution in [-0.4, -0.2) is 31.8 Å². The summed E-state index contributed by atoms with van der Waals surface area (Å²) in [4.78, 5) is 2.55. The Morgan fingerprint density at radius 2 is 1.14 bits per heavy atom. The zero-order chi connectivity index (χ0) is 30.0. The van der Waals surface area contributed by atoms with Crippen LogP contribution in [0.3, 0.4) is 0 Å². The number of hydrogen-bond donors (Lipinski definition) is 1. The summed E-state index contributed by atoms with van der Waals surface area (Å²) in [6.45, 7) is 7.45. The first-order valence-corrected chi connectivity index (χ1v) is 17.3. The summed E-state index contributed by atoms with van der Waals surface area (Å²) in [5, 5.41) is 12.5. The molecule has 1 aromatic heterocycles. The van der Waals surface area contributed by atoms with E-state index >= 15 is 0 Å². The summed E-state index contributed by atoms with van der Waals surface area (Å²) in [5.41, 5.74) is 1.33. The fourth-order valence-electron chi connectivity index (χ4n) is 6.48. The van der Waals surface area contributed by atoms with Crippen LogP contribution in [0.15, 0.2) is 85.2 Å². The van der Waals surface area contributed by atoms with E-state index in [-0.39, 0.29) is 5.75 Å². The maximum atomic E-state index is 11.0. The molecular formula is C37H41N2O3S+. The van der Waals surface area contributed by atoms with Crippen molar-refractivity contribution in [2.75, 3.05) is 23.7 Å². The normalized spacial score (nSPS) is 12.3. The van der Waals surface area contributed by atoms with Crippen LogP contribution in [0.5, 0.6) is 0 Å². The van der Waals surface area contributed by atoms with Crippen molar-refractivity contribution in [2.45, 2.75) is 58.9 Å². The second kappa shape index (κ2) is 12.5. The van der Waals surface area contributed by atoms with Crippen LogP contribution in [0.25, 0.3) is 53.9 Å². The Bertz CT molecular complexity index is 2050. The number of hydrogen-bond acceptors (Lipinski definition) is 3. The third kappa shape index (κ3) is 6.17. The molecule has 0 spiro atoms. The molecule has 6 aromatic rings. The predicted molar refractivity (Wildman–Crippen MR) is 182 cm³/mol. The van der Waals surface area contributed by atoms with Crippen molar-refractivity contribution in [2.24, 2.45) is 0 Å². The van der Waals surface area contributed by atoms with Crippen molar-refractivity contribution < 1.29 is 17.5 Å². The Morgan fingerprint density at radius 1 is 0.628 bits per heavy atom. The Balaban J connectivity index is 1.35. The number of aryl methyl sites for hydroxylation is 1. The van der Waals surface area contributed by atoms with Crippen molar-refractivity contribution in [3.8, 4) is 0 Å². The smallest absolute Gasteiger partial charge is 0.264 e. The summed E-state index contributed by atoms with van der Waals surface area (Å²) in [6.07, 6.45) is 10.2. The summed E-state index contributed by atoms with van der Waals surface area (Å²) in [6, 6.07) is 27.2. The molecule has 0 unspecified atom stereocenters. The molecule has 0 fully saturated rings. The van der Waals surface area contributed by atoms with Crippen molar-refractivity contribution in [3.05, 3.63) is 85.2 Å². The van der Waals surface area contributed by atoms with Gasteiger partial charge in [-0.2, -0.15) is 8.42 Å². The maximum absolute atomic E-state index is 11.0. The maximum Gasteiger partial charge on any atom is 0.264 e. The first kappa shape index (κ1) is 29.3. The van der Waals surface area contributed by atoms with Crippen LogP contribution in [0.4, 0.5) is 5.69 Å². The summed E-state index contributed by atoms with van der Waals surface area (Å²) in [5.74, 6) is -0.193. The molecule has 0 bridgehead atoms. The fourth-order valence-corrected chi connectivity index (χ4v) is 7.05. The molecule has 5 nitrogen and oxygen atoms in total. The van der Waals surface area contributed by atoms with E-state index in [0.717, 1.165) is 18.5 Å². The van der Waals surface area contributed by atoms with E-state index in [0.29, 0.717) is 19.4 Å². The van der Waals surface area contributed by atoms with Gasteiger partial charge in [0, 0.05) is 42.0 Å². The highest BCUT2D eigenvalue weighted by Gasteiger charge is 2.13. The highest BCUT2D eigenvalue weighted by molar-refractivity contribution is 7.85. The number of benzene rings is 5. The molecule has 0 aliphatic heterocycles. The van der Waals surface area contributed by atoms with Crippen LogP contribution in [0, 0.1) is 0 Å². The van der Waals surface area contributed by atoms with Gasteiger partial charge in [0.15, 0.2) is 12.4 Å². The van der Waals surface area contributed by atoms with Gasteiger partial charge in [-0.25, -0.2) is 4.57 Å². The lowest BCUT2D eigenvalue weighted by Crippen LogP contribution is -2.32. The Hall–Kier alpha value is -3.74. The van der Waals surface area contributed by atoms with Gasteiger partial charge in [-0.05, 0) is 80.6 Å². The zero-order valence-corrected chi connectivity index (χ0v) is 26.0. The molecule has 0 saturated carbocycles. The highest BCUT2D eigenvalue weighted by atomic mass is 32.2. The molecule has 0 saturated heterocycles. The number of aromatic nitrogens is 1. The average molecular weight is 594 g/mol. The molecule has 0 radical (unpaired) electrons. The van der Waals surface area contributed by atoms with E-state index in [9.17, 15) is 8.42 Å². The second-order valence-electron chi connectivity index (χ2n) is 11.8. The van der Waals surface area contributed by atoms with Gasteiger partial charge >= 0.3 is 0 Å². The molecule has 0 aliphatic rings. The molecule has 1 N–H and O–H groups in total. The van der Waals surface area contributed by atoms with Crippen LogP contribution < -0.4 is 9.47 Å². The lowest BCUT2D eigenvalue weighted by Gasteiger charge is -2.25. The van der Waals surface area contributed by atoms with E-state index < -0.39 is 10.1 Å². The standard InChI is InChI=1S/C37H40N2O3S/c1-3-5-21-39(22-6-4-2)29-11-14-30-27(25-29)9-12-34-32(30)15-17-37-35-13-10-28-26-38(20-7-8-24-43(40,41)42)23-19-31(28)33(35)16-18-36(34)37/h9-19,23,25-26H,3-8,20-22,24H2,1-2H3/p+1. The van der Waals surface area contributed by atoms with Crippen molar-refractivity contribution >= 4 is 69.7 Å². The van der Waals surface area contributed by atoms with E-state index in [1.165, 1.54) is 79.8 Å². The van der Waals surface area contributed by atoms with Gasteiger partial charge in [0.05, 0.1) is 5.75 Å². The molecule has 43 heavy (non-hydrogen) atoms. The molecule has 6 heteroatoms. The number of pyridine rings is 1. The number of rotatable bonds is 12. The molecular weight excluding hydrogens is 552 g/mol. The molecule has 5 aromatic carbocycles. The number of anilines is 1. The first-order chi connectivity index (χ1) is 20.9. The molecule has 0 aliphatic carbocycles. The van der Waals surface area contributed by atoms with E-state index in [4.69, 9.17) is 4.55 Å². The monoisotopic (exact) mass is 593 g/mol. The third-order valence-electron chi connectivity index (χ3n) is 8.80. The summed E-state index contributed by atoms with van der Waals surface area (Å²) >= 11 is 0. The largest absolute Gasteiger partial charge is 0.372 e. The van der Waals surface area contributed by atoms with Crippen LogP contribution >= 0.6 is 0 Å². The van der Waals surface area contributed by atoms with E-state index in [1.54, 1.807) is 0 Å². The van der Waals surface area contributed by atoms with Gasteiger partial charge in [-0.3, -0.25) is 4.55 Å². The Kier molecular flexibility index (Phi) is 8.51. The number of nitrogens with zero attached hydrogens (tertiary/aromatic N) is 2. The van der Waals surface area contributed by atoms with Crippen molar-refractivity contribution in [1.29, 1.82) is 0 Å². The molecule has 1 heterocycles. The minimum Gasteiger partial charge on any atom is -0.372 e. The lowest BCUT2D eigenvalue weighted by atomic mass is 9.93. The van der Waals surface area contributed by atoms with Gasteiger partial charge in [0.25, 0.3) is 10.1 Å². The van der Waals surface area contributed by atoms with Gasteiger partial charge < -0.3 is 4.90 Å². The Labute approximate surface area is 254 Å². The molecule has 6 rings (SSSR count). The van der Waals surface area contributed by atoms with E-state index in [1.807, 2.05) is 0 Å². The van der Waals surface area contributed by atoms with Gasteiger partial charge in [-0.15, -0.1) is 0 Å². The van der Waals surface area contributed by atoms with Crippen LogP contribution in [0.1, 0.15) is 52.4 Å². The van der Waals surface area contributed by atoms with Crippen molar-refractivity contribution in [1.82, 2.24) is 0 Å². The lowest BCUT2D eigenvalue weighted by molar-refractivity contribution is -0.696. The fraction of sp³-hybridized carbons (Fsp3) is 0.324. The predicted octanol–water partition coefficient (Wildman–Crippen LogP) is 8.81. The third-order valence-corrected chi connectivity index (χ3v) is 9.61. The Morgan fingerprint density at radius 3 is 1.72 bits per heavy atom. The first-order valence-electron chi connectivity index (χ1n) is 15.7. The van der Waals surface area contributed by atoms with Crippen LogP contribution in [0.2, 0.25) is 0 Å². The zero-order valence-electron chi connectivity index (χ0n) is 25.2. The topological polar surface area (TPSA) is 61.5 Å². The second-order valence-corrected chi connectivity index (χ2v) is 13.4. The van der Waals surface area contributed by atoms with Gasteiger partial charge in [0.1, 0.15) is 6.54 Å². The summed E-state index contributed by atoms with van der Waals surface area (Å²) in [7, 11) is -3.90. The van der Waals surface area contributed by atoms with Crippen LogP contribution in [-0.2, 0) is 16.7 Å². The SMILES string of the molecule is CCCCN(CCCC)c1ccc2c(ccc3c2ccc2c4ccc5c[n+](CCCCS(=O)(=O)O)ccc5c4ccc32)c1. The van der Waals surface area contributed by atoms with Gasteiger partial charge in [-0.1, -0.05) is 75.2 Å². The van der Waals surface area contributed by atoms with Crippen molar-refractivity contribution in [3.63, 3.8) is 0 Å². The molecule has 0 amide bonds. The van der Waals surface area contributed by atoms with E-state index in [2.05, 4.69) is 109 Å². The van der Waals surface area contributed by atoms with Gasteiger partial charge in [0.2, 0.25) is 0 Å². The number of fused-ring (bicyclic) bond motifs is 9. The quantitative estimate of drug-likeness (QED) is 0.0667. The average Bonchev–Trinajstić information content (AvgIpc) is 3.01. The minimum absolute atomic E-state index is 0.193. The molecule has 0 atom stereocenters. The molecule has 222 valence electrons. The summed E-state index contributed by atoms with van der Waals surface area (Å²) < 4.78 is 33.1.